The van der Waals surface area contributed by atoms with Crippen LogP contribution in [0.3, 0.4) is 0 Å². The van der Waals surface area contributed by atoms with Crippen molar-refractivity contribution < 1.29 is 4.79 Å². The van der Waals surface area contributed by atoms with E-state index in [9.17, 15) is 14.4 Å². The monoisotopic (exact) mass is 418 g/mol. The molecule has 1 amide bonds. The van der Waals surface area contributed by atoms with E-state index in [1.807, 2.05) is 18.2 Å². The smallest absolute Gasteiger partial charge is 0.275 e. The van der Waals surface area contributed by atoms with Gasteiger partial charge in [-0.2, -0.15) is 5.10 Å². The average molecular weight is 418 g/mol. The van der Waals surface area contributed by atoms with Crippen LogP contribution in [-0.4, -0.2) is 48.3 Å². The van der Waals surface area contributed by atoms with Gasteiger partial charge < -0.3 is 4.90 Å². The Morgan fingerprint density at radius 1 is 1.16 bits per heavy atom. The van der Waals surface area contributed by atoms with Crippen molar-refractivity contribution >= 4 is 22.3 Å². The van der Waals surface area contributed by atoms with Gasteiger partial charge in [-0.3, -0.25) is 19.5 Å². The van der Waals surface area contributed by atoms with E-state index in [0.29, 0.717) is 29.8 Å². The number of aryl methyl sites for hydroxylation is 1. The molecule has 4 heterocycles. The third-order valence-electron chi connectivity index (χ3n) is 5.93. The quantitative estimate of drug-likeness (QED) is 0.542. The molecule has 0 atom stereocenters. The van der Waals surface area contributed by atoms with Crippen LogP contribution >= 0.6 is 0 Å². The number of piperidine rings is 1. The molecule has 3 aromatic heterocycles. The summed E-state index contributed by atoms with van der Waals surface area (Å²) in [5.41, 5.74) is 1.87. The highest BCUT2D eigenvalue weighted by atomic mass is 16.2. The predicted octanol–water partition coefficient (Wildman–Crippen LogP) is 1.45. The average Bonchev–Trinajstić information content (AvgIpc) is 3.20. The minimum Gasteiger partial charge on any atom is -0.341 e. The number of carbonyl (C=O) groups is 1. The summed E-state index contributed by atoms with van der Waals surface area (Å²) in [7, 11) is 0. The molecule has 1 N–H and O–H groups in total. The van der Waals surface area contributed by atoms with Crippen molar-refractivity contribution in [1.82, 2.24) is 29.3 Å². The molecular weight excluding hydrogens is 396 g/mol. The molecule has 0 saturated carbocycles. The molecule has 0 bridgehead atoms. The summed E-state index contributed by atoms with van der Waals surface area (Å²) in [6, 6.07) is 10.6. The Balaban J connectivity index is 1.28. The minimum absolute atomic E-state index is 0.0701. The molecule has 1 saturated heterocycles. The van der Waals surface area contributed by atoms with Crippen molar-refractivity contribution in [3.05, 3.63) is 74.7 Å². The molecule has 0 radical (unpaired) electrons. The van der Waals surface area contributed by atoms with Gasteiger partial charge in [-0.15, -0.1) is 0 Å². The second-order valence-electron chi connectivity index (χ2n) is 7.99. The number of likely N-dealkylation sites (tertiary alicyclic amines) is 1. The fraction of sp³-hybridized carbons (Fsp3) is 0.318. The van der Waals surface area contributed by atoms with Crippen LogP contribution < -0.4 is 11.1 Å². The van der Waals surface area contributed by atoms with E-state index in [4.69, 9.17) is 0 Å². The lowest BCUT2D eigenvalue weighted by molar-refractivity contribution is -0.133. The maximum Gasteiger partial charge on any atom is 0.275 e. The van der Waals surface area contributed by atoms with Gasteiger partial charge in [0.2, 0.25) is 5.91 Å². The Morgan fingerprint density at radius 3 is 2.74 bits per heavy atom. The highest BCUT2D eigenvalue weighted by Crippen LogP contribution is 2.27. The van der Waals surface area contributed by atoms with Crippen molar-refractivity contribution in [2.45, 2.75) is 32.2 Å². The van der Waals surface area contributed by atoms with Gasteiger partial charge >= 0.3 is 0 Å². The molecule has 1 aliphatic rings. The van der Waals surface area contributed by atoms with Crippen LogP contribution in [0.1, 0.15) is 30.1 Å². The molecular formula is C22H22N6O3. The largest absolute Gasteiger partial charge is 0.341 e. The Kier molecular flexibility index (Phi) is 4.65. The summed E-state index contributed by atoms with van der Waals surface area (Å²) < 4.78 is 2.69. The zero-order valence-corrected chi connectivity index (χ0v) is 17.1. The lowest BCUT2D eigenvalue weighted by Gasteiger charge is -2.31. The number of hydrogen-bond donors (Lipinski definition) is 1. The molecule has 0 aliphatic carbocycles. The van der Waals surface area contributed by atoms with Gasteiger partial charge in [-0.1, -0.05) is 18.2 Å². The first-order chi connectivity index (χ1) is 15.0. The first-order valence-electron chi connectivity index (χ1n) is 10.3. The lowest BCUT2D eigenvalue weighted by atomic mass is 9.93. The van der Waals surface area contributed by atoms with Gasteiger partial charge in [0, 0.05) is 47.9 Å². The van der Waals surface area contributed by atoms with Gasteiger partial charge in [0.15, 0.2) is 5.65 Å². The molecule has 31 heavy (non-hydrogen) atoms. The normalized spacial score (nSPS) is 15.1. The van der Waals surface area contributed by atoms with Crippen LogP contribution in [0.25, 0.3) is 16.4 Å². The Morgan fingerprint density at radius 2 is 1.94 bits per heavy atom. The number of fused-ring (bicyclic) bond motifs is 2. The molecule has 9 heteroatoms. The highest BCUT2D eigenvalue weighted by molar-refractivity contribution is 5.81. The summed E-state index contributed by atoms with van der Waals surface area (Å²) in [4.78, 5) is 43.7. The maximum absolute atomic E-state index is 12.8. The zero-order valence-electron chi connectivity index (χ0n) is 17.1. The predicted molar refractivity (Wildman–Crippen MR) is 115 cm³/mol. The summed E-state index contributed by atoms with van der Waals surface area (Å²) in [5.74, 6) is 0.0976. The van der Waals surface area contributed by atoms with Crippen molar-refractivity contribution in [3.8, 4) is 0 Å². The van der Waals surface area contributed by atoms with E-state index in [1.165, 1.54) is 15.3 Å². The van der Waals surface area contributed by atoms with Crippen LogP contribution in [-0.2, 0) is 11.3 Å². The van der Waals surface area contributed by atoms with E-state index in [2.05, 4.69) is 15.2 Å². The van der Waals surface area contributed by atoms with Crippen molar-refractivity contribution in [3.63, 3.8) is 0 Å². The number of H-pyrrole nitrogens is 1. The van der Waals surface area contributed by atoms with Crippen LogP contribution in [0, 0.1) is 6.92 Å². The number of carbonyl (C=O) groups excluding carboxylic acids is 1. The van der Waals surface area contributed by atoms with Crippen molar-refractivity contribution in [2.24, 2.45) is 0 Å². The number of benzene rings is 1. The van der Waals surface area contributed by atoms with E-state index in [1.54, 1.807) is 30.2 Å². The maximum atomic E-state index is 12.8. The zero-order chi connectivity index (χ0) is 21.5. The molecule has 9 nitrogen and oxygen atoms in total. The first kappa shape index (κ1) is 19.2. The van der Waals surface area contributed by atoms with Crippen LogP contribution in [0.2, 0.25) is 0 Å². The third kappa shape index (κ3) is 3.52. The molecule has 5 rings (SSSR count). The van der Waals surface area contributed by atoms with E-state index >= 15 is 0 Å². The van der Waals surface area contributed by atoms with Crippen LogP contribution in [0.15, 0.2) is 52.2 Å². The summed E-state index contributed by atoms with van der Waals surface area (Å²) in [6.45, 7) is 2.90. The lowest BCUT2D eigenvalue weighted by Crippen LogP contribution is -2.41. The number of nitrogens with zero attached hydrogens (tertiary/aromatic N) is 5. The number of hydrogen-bond acceptors (Lipinski definition) is 5. The second kappa shape index (κ2) is 7.50. The molecule has 4 aromatic rings. The van der Waals surface area contributed by atoms with Gasteiger partial charge in [0.1, 0.15) is 6.54 Å². The first-order valence-corrected chi connectivity index (χ1v) is 10.3. The fourth-order valence-corrected chi connectivity index (χ4v) is 4.25. The standard InChI is InChI=1S/C22H22N6O3/c1-14-10-20(29)28-19(24-14)11-18(25-28)15-6-8-26(9-7-15)21(30)13-27-22(31)17-5-3-2-4-16(17)12-23-27/h2-5,10-12,15,25H,6-9,13H2,1H3. The Labute approximate surface area is 176 Å². The van der Waals surface area contributed by atoms with Crippen molar-refractivity contribution in [2.75, 3.05) is 13.1 Å². The number of nitrogens with one attached hydrogen (secondary N) is 1. The number of aromatic nitrogens is 5. The molecule has 0 unspecified atom stereocenters. The Hall–Kier alpha value is -3.75. The van der Waals surface area contributed by atoms with E-state index in [-0.39, 0.29) is 29.5 Å². The number of aromatic amines is 1. The molecule has 1 fully saturated rings. The van der Waals surface area contributed by atoms with Crippen LogP contribution in [0.5, 0.6) is 0 Å². The molecule has 0 spiro atoms. The van der Waals surface area contributed by atoms with Crippen molar-refractivity contribution in [1.29, 1.82) is 0 Å². The minimum atomic E-state index is -0.257. The van der Waals surface area contributed by atoms with Gasteiger partial charge in [0.25, 0.3) is 11.1 Å². The molecule has 1 aliphatic heterocycles. The summed E-state index contributed by atoms with van der Waals surface area (Å²) >= 11 is 0. The number of amides is 1. The van der Waals surface area contributed by atoms with Gasteiger partial charge in [-0.25, -0.2) is 14.2 Å². The van der Waals surface area contributed by atoms with E-state index < -0.39 is 0 Å². The summed E-state index contributed by atoms with van der Waals surface area (Å²) in [5, 5.41) is 8.63. The molecule has 1 aromatic carbocycles. The highest BCUT2D eigenvalue weighted by Gasteiger charge is 2.26. The second-order valence-corrected chi connectivity index (χ2v) is 7.99. The van der Waals surface area contributed by atoms with Gasteiger partial charge in [0.05, 0.1) is 11.6 Å². The Bertz CT molecular complexity index is 1410. The van der Waals surface area contributed by atoms with Gasteiger partial charge in [-0.05, 0) is 25.8 Å². The SMILES string of the molecule is Cc1cc(=O)n2[nH]c(C3CCN(C(=O)Cn4ncc5ccccc5c4=O)CC3)cc2n1. The topological polar surface area (TPSA) is 105 Å². The number of rotatable bonds is 3. The van der Waals surface area contributed by atoms with Crippen LogP contribution in [0.4, 0.5) is 0 Å². The molecule has 158 valence electrons. The van der Waals surface area contributed by atoms with E-state index in [0.717, 1.165) is 23.9 Å². The third-order valence-corrected chi connectivity index (χ3v) is 5.93. The fourth-order valence-electron chi connectivity index (χ4n) is 4.25. The summed E-state index contributed by atoms with van der Waals surface area (Å²) in [6.07, 6.45) is 3.16.